The van der Waals surface area contributed by atoms with Gasteiger partial charge in [0.1, 0.15) is 18.2 Å². The van der Waals surface area contributed by atoms with Crippen LogP contribution in [0.3, 0.4) is 0 Å². The van der Waals surface area contributed by atoms with Crippen LogP contribution in [0.25, 0.3) is 0 Å². The van der Waals surface area contributed by atoms with Crippen LogP contribution in [0.15, 0.2) is 48.7 Å². The van der Waals surface area contributed by atoms with Crippen LogP contribution in [0.4, 0.5) is 11.5 Å². The number of hydrogen-bond donors (Lipinski definition) is 1. The van der Waals surface area contributed by atoms with Gasteiger partial charge in [-0.3, -0.25) is 4.79 Å². The average molecular weight is 396 g/mol. The number of carbonyl (C=O) groups is 1. The summed E-state index contributed by atoms with van der Waals surface area (Å²) in [5.74, 6) is 1.60. The number of aromatic nitrogens is 1. The minimum atomic E-state index is -0.0690. The van der Waals surface area contributed by atoms with Crippen LogP contribution in [0.2, 0.25) is 0 Å². The SMILES string of the molecule is O=C(Nc1ccccc1OC[C@@H]1CCCCO1)[C@@H]1CCCN(c2ccccn2)C1. The first-order valence-corrected chi connectivity index (χ1v) is 10.6. The number of nitrogens with zero attached hydrogens (tertiary/aromatic N) is 2. The molecule has 0 bridgehead atoms. The Balaban J connectivity index is 1.36. The van der Waals surface area contributed by atoms with Crippen LogP contribution >= 0.6 is 0 Å². The summed E-state index contributed by atoms with van der Waals surface area (Å²) in [7, 11) is 0. The molecule has 3 heterocycles. The van der Waals surface area contributed by atoms with E-state index in [9.17, 15) is 4.79 Å². The summed E-state index contributed by atoms with van der Waals surface area (Å²) in [6, 6.07) is 13.5. The molecular weight excluding hydrogens is 366 g/mol. The van der Waals surface area contributed by atoms with Crippen LogP contribution in [0, 0.1) is 5.92 Å². The lowest BCUT2D eigenvalue weighted by atomic mass is 9.97. The zero-order valence-corrected chi connectivity index (χ0v) is 16.8. The number of carbonyl (C=O) groups excluding carboxylic acids is 1. The molecule has 0 aliphatic carbocycles. The van der Waals surface area contributed by atoms with Crippen LogP contribution in [0.5, 0.6) is 5.75 Å². The average Bonchev–Trinajstić information content (AvgIpc) is 2.80. The molecule has 154 valence electrons. The Bertz CT molecular complexity index is 793. The summed E-state index contributed by atoms with van der Waals surface area (Å²) in [5.41, 5.74) is 0.725. The van der Waals surface area contributed by atoms with Crippen molar-refractivity contribution in [3.8, 4) is 5.75 Å². The smallest absolute Gasteiger partial charge is 0.229 e. The summed E-state index contributed by atoms with van der Waals surface area (Å²) in [4.78, 5) is 19.6. The van der Waals surface area contributed by atoms with Crippen molar-refractivity contribution in [1.29, 1.82) is 0 Å². The lowest BCUT2D eigenvalue weighted by Crippen LogP contribution is -2.41. The molecule has 1 amide bonds. The number of nitrogens with one attached hydrogen (secondary N) is 1. The lowest BCUT2D eigenvalue weighted by Gasteiger charge is -2.33. The molecule has 6 heteroatoms. The molecule has 2 aromatic rings. The van der Waals surface area contributed by atoms with E-state index in [1.165, 1.54) is 6.42 Å². The first-order chi connectivity index (χ1) is 14.3. The third-order valence-corrected chi connectivity index (χ3v) is 5.61. The fourth-order valence-electron chi connectivity index (χ4n) is 3.99. The summed E-state index contributed by atoms with van der Waals surface area (Å²) in [6.45, 7) is 2.94. The number of rotatable bonds is 6. The van der Waals surface area contributed by atoms with Gasteiger partial charge in [-0.1, -0.05) is 18.2 Å². The quantitative estimate of drug-likeness (QED) is 0.804. The molecule has 2 fully saturated rings. The fraction of sp³-hybridized carbons (Fsp3) is 0.478. The molecule has 6 nitrogen and oxygen atoms in total. The molecule has 1 aromatic carbocycles. The summed E-state index contributed by atoms with van der Waals surface area (Å²) in [6.07, 6.45) is 7.13. The Morgan fingerprint density at radius 3 is 2.86 bits per heavy atom. The van der Waals surface area contributed by atoms with Crippen molar-refractivity contribution in [3.63, 3.8) is 0 Å². The monoisotopic (exact) mass is 395 g/mol. The van der Waals surface area contributed by atoms with E-state index < -0.39 is 0 Å². The molecule has 0 radical (unpaired) electrons. The van der Waals surface area contributed by atoms with E-state index >= 15 is 0 Å². The number of piperidine rings is 1. The van der Waals surface area contributed by atoms with Gasteiger partial charge < -0.3 is 19.7 Å². The molecule has 29 heavy (non-hydrogen) atoms. The molecule has 0 spiro atoms. The van der Waals surface area contributed by atoms with Gasteiger partial charge in [-0.05, 0) is 56.4 Å². The largest absolute Gasteiger partial charge is 0.489 e. The van der Waals surface area contributed by atoms with Crippen molar-refractivity contribution >= 4 is 17.4 Å². The van der Waals surface area contributed by atoms with Gasteiger partial charge in [-0.25, -0.2) is 4.98 Å². The molecule has 2 aliphatic heterocycles. The van der Waals surface area contributed by atoms with Crippen molar-refractivity contribution in [1.82, 2.24) is 4.98 Å². The van der Waals surface area contributed by atoms with E-state index in [-0.39, 0.29) is 17.9 Å². The third-order valence-electron chi connectivity index (χ3n) is 5.61. The second kappa shape index (κ2) is 9.74. The Kier molecular flexibility index (Phi) is 6.62. The molecular formula is C23H29N3O3. The van der Waals surface area contributed by atoms with Gasteiger partial charge in [0.15, 0.2) is 0 Å². The van der Waals surface area contributed by atoms with Crippen molar-refractivity contribution < 1.29 is 14.3 Å². The molecule has 0 saturated carbocycles. The molecule has 4 rings (SSSR count). The number of para-hydroxylation sites is 2. The van der Waals surface area contributed by atoms with Gasteiger partial charge in [-0.15, -0.1) is 0 Å². The van der Waals surface area contributed by atoms with Crippen molar-refractivity contribution in [3.05, 3.63) is 48.7 Å². The molecule has 2 saturated heterocycles. The topological polar surface area (TPSA) is 63.7 Å². The number of anilines is 2. The maximum atomic E-state index is 13.0. The van der Waals surface area contributed by atoms with E-state index in [4.69, 9.17) is 9.47 Å². The lowest BCUT2D eigenvalue weighted by molar-refractivity contribution is -0.120. The fourth-order valence-corrected chi connectivity index (χ4v) is 3.99. The first kappa shape index (κ1) is 19.7. The van der Waals surface area contributed by atoms with Gasteiger partial charge in [0.25, 0.3) is 0 Å². The van der Waals surface area contributed by atoms with Crippen molar-refractivity contribution in [2.24, 2.45) is 5.92 Å². The number of hydrogen-bond acceptors (Lipinski definition) is 5. The second-order valence-electron chi connectivity index (χ2n) is 7.76. The minimum absolute atomic E-state index is 0.0376. The predicted molar refractivity (Wildman–Crippen MR) is 113 cm³/mol. The van der Waals surface area contributed by atoms with E-state index in [1.807, 2.05) is 42.5 Å². The number of pyridine rings is 1. The number of ether oxygens (including phenoxy) is 2. The standard InChI is InChI=1S/C23H29N3O3/c27-23(18-8-7-14-26(16-18)22-12-3-5-13-24-22)25-20-10-1-2-11-21(20)29-17-19-9-4-6-15-28-19/h1-3,5,10-13,18-19H,4,6-9,14-17H2,(H,25,27)/t18-,19+/m1/s1. The predicted octanol–water partition coefficient (Wildman–Crippen LogP) is 3.88. The number of benzene rings is 1. The Morgan fingerprint density at radius 1 is 1.14 bits per heavy atom. The maximum Gasteiger partial charge on any atom is 0.229 e. The molecule has 2 atom stereocenters. The normalized spacial score (nSPS) is 22.1. The van der Waals surface area contributed by atoms with E-state index in [2.05, 4.69) is 15.2 Å². The molecule has 1 aromatic heterocycles. The van der Waals surface area contributed by atoms with Crippen LogP contribution in [0.1, 0.15) is 32.1 Å². The summed E-state index contributed by atoms with van der Waals surface area (Å²) >= 11 is 0. The summed E-state index contributed by atoms with van der Waals surface area (Å²) in [5, 5.41) is 3.09. The van der Waals surface area contributed by atoms with Gasteiger partial charge in [0.05, 0.1) is 17.7 Å². The molecule has 0 unspecified atom stereocenters. The van der Waals surface area contributed by atoms with Crippen molar-refractivity contribution in [2.45, 2.75) is 38.2 Å². The Morgan fingerprint density at radius 2 is 2.03 bits per heavy atom. The third kappa shape index (κ3) is 5.26. The molecule has 1 N–H and O–H groups in total. The maximum absolute atomic E-state index is 13.0. The van der Waals surface area contributed by atoms with E-state index in [0.29, 0.717) is 18.9 Å². The number of amides is 1. The highest BCUT2D eigenvalue weighted by Crippen LogP contribution is 2.27. The zero-order chi connectivity index (χ0) is 19.9. The summed E-state index contributed by atoms with van der Waals surface area (Å²) < 4.78 is 11.7. The minimum Gasteiger partial charge on any atom is -0.489 e. The van der Waals surface area contributed by atoms with Crippen LogP contribution < -0.4 is 15.0 Å². The highest BCUT2D eigenvalue weighted by Gasteiger charge is 2.27. The second-order valence-corrected chi connectivity index (χ2v) is 7.76. The molecule has 2 aliphatic rings. The Hall–Kier alpha value is -2.60. The van der Waals surface area contributed by atoms with Gasteiger partial charge in [-0.2, -0.15) is 0 Å². The van der Waals surface area contributed by atoms with Crippen LogP contribution in [-0.4, -0.2) is 43.3 Å². The Labute approximate surface area is 172 Å². The van der Waals surface area contributed by atoms with E-state index in [1.54, 1.807) is 6.20 Å². The van der Waals surface area contributed by atoms with Crippen molar-refractivity contribution in [2.75, 3.05) is 36.5 Å². The highest BCUT2D eigenvalue weighted by atomic mass is 16.5. The van der Waals surface area contributed by atoms with Gasteiger partial charge >= 0.3 is 0 Å². The van der Waals surface area contributed by atoms with E-state index in [0.717, 1.165) is 50.3 Å². The van der Waals surface area contributed by atoms with Crippen LogP contribution in [-0.2, 0) is 9.53 Å². The van der Waals surface area contributed by atoms with Gasteiger partial charge in [0.2, 0.25) is 5.91 Å². The zero-order valence-electron chi connectivity index (χ0n) is 16.8. The first-order valence-electron chi connectivity index (χ1n) is 10.6. The highest BCUT2D eigenvalue weighted by molar-refractivity contribution is 5.94. The van der Waals surface area contributed by atoms with Gasteiger partial charge in [0, 0.05) is 25.9 Å².